The zero-order chi connectivity index (χ0) is 20.8. The molecule has 1 aromatic rings. The Bertz CT molecular complexity index is 787. The number of ketones is 1. The van der Waals surface area contributed by atoms with Crippen LogP contribution in [-0.4, -0.2) is 55.1 Å². The smallest absolute Gasteiger partial charge is 0.326 e. The third kappa shape index (κ3) is 6.44. The van der Waals surface area contributed by atoms with E-state index in [-0.39, 0.29) is 36.0 Å². The van der Waals surface area contributed by atoms with E-state index in [4.69, 9.17) is 5.11 Å². The van der Waals surface area contributed by atoms with Gasteiger partial charge >= 0.3 is 5.97 Å². The monoisotopic (exact) mass is 398 g/mol. The number of carboxylic acid groups (broad SMARTS) is 1. The molecule has 0 saturated heterocycles. The van der Waals surface area contributed by atoms with E-state index in [0.717, 1.165) is 4.31 Å². The molecule has 0 radical (unpaired) electrons. The molecule has 0 spiro atoms. The van der Waals surface area contributed by atoms with Crippen LogP contribution in [0.15, 0.2) is 29.2 Å². The standard InChI is InChI=1S/C18H26N2O6S/c1-12(2)17(18(23)24)19-16(22)6-5-11-20(4)27(25,26)15-9-7-14(8-10-15)13(3)21/h7-10,12,17H,5-6,11H2,1-4H3,(H,19,22)(H,23,24)/t17-/m0/s1. The number of sulfonamides is 1. The highest BCUT2D eigenvalue weighted by Crippen LogP contribution is 2.16. The molecule has 0 aliphatic carbocycles. The Labute approximate surface area is 159 Å². The Morgan fingerprint density at radius 3 is 2.15 bits per heavy atom. The summed E-state index contributed by atoms with van der Waals surface area (Å²) in [5.74, 6) is -1.95. The van der Waals surface area contributed by atoms with Gasteiger partial charge in [-0.25, -0.2) is 17.5 Å². The highest BCUT2D eigenvalue weighted by molar-refractivity contribution is 7.89. The van der Waals surface area contributed by atoms with Crippen molar-refractivity contribution in [3.05, 3.63) is 29.8 Å². The lowest BCUT2D eigenvalue weighted by molar-refractivity contribution is -0.143. The number of carbonyl (C=O) groups excluding carboxylic acids is 2. The number of carboxylic acids is 1. The number of aliphatic carboxylic acids is 1. The minimum absolute atomic E-state index is 0.0135. The number of carbonyl (C=O) groups is 3. The van der Waals surface area contributed by atoms with E-state index in [0.29, 0.717) is 5.56 Å². The van der Waals surface area contributed by atoms with Crippen LogP contribution in [-0.2, 0) is 19.6 Å². The molecule has 1 atom stereocenters. The lowest BCUT2D eigenvalue weighted by Crippen LogP contribution is -2.44. The second kappa shape index (κ2) is 9.61. The first kappa shape index (κ1) is 22.8. The Hall–Kier alpha value is -2.26. The Balaban J connectivity index is 2.62. The molecule has 0 aliphatic rings. The van der Waals surface area contributed by atoms with E-state index >= 15 is 0 Å². The van der Waals surface area contributed by atoms with Crippen molar-refractivity contribution >= 4 is 27.7 Å². The zero-order valence-corrected chi connectivity index (χ0v) is 16.7. The average molecular weight is 398 g/mol. The number of rotatable bonds is 10. The number of hydrogen-bond acceptors (Lipinski definition) is 5. The second-order valence-corrected chi connectivity index (χ2v) is 8.68. The minimum atomic E-state index is -3.73. The number of nitrogens with zero attached hydrogens (tertiary/aromatic N) is 1. The molecule has 9 heteroatoms. The average Bonchev–Trinajstić information content (AvgIpc) is 2.58. The fourth-order valence-electron chi connectivity index (χ4n) is 2.38. The molecule has 0 bridgehead atoms. The fourth-order valence-corrected chi connectivity index (χ4v) is 3.59. The predicted octanol–water partition coefficient (Wildman–Crippen LogP) is 1.52. The summed E-state index contributed by atoms with van der Waals surface area (Å²) in [7, 11) is -2.33. The summed E-state index contributed by atoms with van der Waals surface area (Å²) in [6.07, 6.45) is 0.261. The molecule has 8 nitrogen and oxygen atoms in total. The van der Waals surface area contributed by atoms with Crippen molar-refractivity contribution in [2.75, 3.05) is 13.6 Å². The molecule has 0 heterocycles. The van der Waals surface area contributed by atoms with Gasteiger partial charge in [0.1, 0.15) is 6.04 Å². The van der Waals surface area contributed by atoms with E-state index in [2.05, 4.69) is 5.32 Å². The first-order valence-corrected chi connectivity index (χ1v) is 10.00. The van der Waals surface area contributed by atoms with E-state index in [1.807, 2.05) is 0 Å². The SMILES string of the molecule is CC(=O)c1ccc(S(=O)(=O)N(C)CCCC(=O)N[C@H](C(=O)O)C(C)C)cc1. The zero-order valence-electron chi connectivity index (χ0n) is 15.9. The molecule has 0 fully saturated rings. The van der Waals surface area contributed by atoms with Gasteiger partial charge in [0.05, 0.1) is 4.90 Å². The topological polar surface area (TPSA) is 121 Å². The first-order chi connectivity index (χ1) is 12.5. The van der Waals surface area contributed by atoms with Gasteiger partial charge in [-0.15, -0.1) is 0 Å². The van der Waals surface area contributed by atoms with Crippen LogP contribution in [0.2, 0.25) is 0 Å². The van der Waals surface area contributed by atoms with Gasteiger partial charge in [-0.05, 0) is 31.4 Å². The van der Waals surface area contributed by atoms with Crippen molar-refractivity contribution in [3.8, 4) is 0 Å². The Morgan fingerprint density at radius 1 is 1.15 bits per heavy atom. The van der Waals surface area contributed by atoms with Gasteiger partial charge in [-0.2, -0.15) is 0 Å². The van der Waals surface area contributed by atoms with E-state index in [1.54, 1.807) is 13.8 Å². The molecule has 0 aliphatic heterocycles. The summed E-state index contributed by atoms with van der Waals surface area (Å²) < 4.78 is 26.1. The Morgan fingerprint density at radius 2 is 1.70 bits per heavy atom. The van der Waals surface area contributed by atoms with Gasteiger partial charge in [0, 0.05) is 25.6 Å². The van der Waals surface area contributed by atoms with E-state index < -0.39 is 27.9 Å². The lowest BCUT2D eigenvalue weighted by Gasteiger charge is -2.19. The highest BCUT2D eigenvalue weighted by atomic mass is 32.2. The molecular formula is C18H26N2O6S. The maximum absolute atomic E-state index is 12.5. The van der Waals surface area contributed by atoms with Crippen LogP contribution in [0.1, 0.15) is 44.0 Å². The third-order valence-electron chi connectivity index (χ3n) is 4.10. The largest absolute Gasteiger partial charge is 0.480 e. The first-order valence-electron chi connectivity index (χ1n) is 8.56. The second-order valence-electron chi connectivity index (χ2n) is 6.64. The van der Waals surface area contributed by atoms with Crippen LogP contribution in [0.3, 0.4) is 0 Å². The number of nitrogens with one attached hydrogen (secondary N) is 1. The van der Waals surface area contributed by atoms with Crippen molar-refractivity contribution in [3.63, 3.8) is 0 Å². The van der Waals surface area contributed by atoms with E-state index in [9.17, 15) is 22.8 Å². The summed E-state index contributed by atoms with van der Waals surface area (Å²) in [6, 6.07) is 4.67. The van der Waals surface area contributed by atoms with Crippen molar-refractivity contribution in [2.24, 2.45) is 5.92 Å². The van der Waals surface area contributed by atoms with Gasteiger partial charge < -0.3 is 10.4 Å². The number of amides is 1. The van der Waals surface area contributed by atoms with Crippen molar-refractivity contribution in [1.82, 2.24) is 9.62 Å². The van der Waals surface area contributed by atoms with Crippen LogP contribution in [0.5, 0.6) is 0 Å². The van der Waals surface area contributed by atoms with Crippen molar-refractivity contribution in [2.45, 2.75) is 44.6 Å². The maximum Gasteiger partial charge on any atom is 0.326 e. The number of Topliss-reactive ketones (excluding diaryl/α,β-unsaturated/α-hetero) is 1. The third-order valence-corrected chi connectivity index (χ3v) is 5.97. The molecule has 150 valence electrons. The van der Waals surface area contributed by atoms with Gasteiger partial charge in [0.15, 0.2) is 5.78 Å². The molecule has 0 aromatic heterocycles. The normalized spacial score (nSPS) is 12.8. The van der Waals surface area contributed by atoms with Crippen LogP contribution >= 0.6 is 0 Å². The lowest BCUT2D eigenvalue weighted by atomic mass is 10.0. The van der Waals surface area contributed by atoms with Gasteiger partial charge in [0.25, 0.3) is 0 Å². The predicted molar refractivity (Wildman–Crippen MR) is 99.9 cm³/mol. The summed E-state index contributed by atoms with van der Waals surface area (Å²) in [5, 5.41) is 11.5. The van der Waals surface area contributed by atoms with Gasteiger partial charge in [-0.1, -0.05) is 26.0 Å². The van der Waals surface area contributed by atoms with Gasteiger partial charge in [-0.3, -0.25) is 9.59 Å². The molecule has 1 aromatic carbocycles. The quantitative estimate of drug-likeness (QED) is 0.576. The van der Waals surface area contributed by atoms with Crippen molar-refractivity contribution in [1.29, 1.82) is 0 Å². The highest BCUT2D eigenvalue weighted by Gasteiger charge is 2.24. The van der Waals surface area contributed by atoms with Crippen LogP contribution in [0, 0.1) is 5.92 Å². The molecule has 1 rings (SSSR count). The Kier molecular flexibility index (Phi) is 8.11. The summed E-state index contributed by atoms with van der Waals surface area (Å²) in [4.78, 5) is 34.3. The molecule has 2 N–H and O–H groups in total. The molecule has 0 saturated carbocycles. The summed E-state index contributed by atoms with van der Waals surface area (Å²) >= 11 is 0. The molecule has 27 heavy (non-hydrogen) atoms. The minimum Gasteiger partial charge on any atom is -0.480 e. The molecule has 0 unspecified atom stereocenters. The van der Waals surface area contributed by atoms with E-state index in [1.165, 1.54) is 38.2 Å². The fraction of sp³-hybridized carbons (Fsp3) is 0.500. The number of hydrogen-bond donors (Lipinski definition) is 2. The van der Waals surface area contributed by atoms with Crippen molar-refractivity contribution < 1.29 is 27.9 Å². The van der Waals surface area contributed by atoms with Crippen LogP contribution < -0.4 is 5.32 Å². The van der Waals surface area contributed by atoms with Crippen LogP contribution in [0.4, 0.5) is 0 Å². The number of benzene rings is 1. The van der Waals surface area contributed by atoms with Crippen LogP contribution in [0.25, 0.3) is 0 Å². The summed E-state index contributed by atoms with van der Waals surface area (Å²) in [5.41, 5.74) is 0.423. The maximum atomic E-state index is 12.5. The van der Waals surface area contributed by atoms with Gasteiger partial charge in [0.2, 0.25) is 15.9 Å². The molecule has 1 amide bonds. The molecular weight excluding hydrogens is 372 g/mol. The summed E-state index contributed by atoms with van der Waals surface area (Å²) in [6.45, 7) is 4.88.